The normalized spacial score (nSPS) is 11.7. The van der Waals surface area contributed by atoms with E-state index in [0.29, 0.717) is 0 Å². The molecule has 1 rings (SSSR count). The van der Waals surface area contributed by atoms with E-state index >= 15 is 0 Å². The summed E-state index contributed by atoms with van der Waals surface area (Å²) >= 11 is 0. The first-order valence-electron chi connectivity index (χ1n) is 10.0. The molecule has 0 radical (unpaired) electrons. The summed E-state index contributed by atoms with van der Waals surface area (Å²) in [5, 5.41) is 18.8. The van der Waals surface area contributed by atoms with E-state index in [4.69, 9.17) is 0 Å². The number of phenols is 2. The molecule has 2 heteroatoms. The Labute approximate surface area is 154 Å². The van der Waals surface area contributed by atoms with Crippen LogP contribution in [0.5, 0.6) is 11.5 Å². The van der Waals surface area contributed by atoms with Gasteiger partial charge < -0.3 is 10.2 Å². The van der Waals surface area contributed by atoms with Crippen LogP contribution in [0.4, 0.5) is 0 Å². The third-order valence-corrected chi connectivity index (χ3v) is 4.47. The summed E-state index contributed by atoms with van der Waals surface area (Å²) in [5.74, 6) is -0.0441. The Hall–Kier alpha value is -1.70. The predicted octanol–water partition coefficient (Wildman–Crippen LogP) is 7.06. The summed E-state index contributed by atoms with van der Waals surface area (Å²) < 4.78 is 0. The first-order valence-corrected chi connectivity index (χ1v) is 10.0. The van der Waals surface area contributed by atoms with Gasteiger partial charge in [-0.05, 0) is 56.2 Å². The van der Waals surface area contributed by atoms with Crippen molar-refractivity contribution in [1.29, 1.82) is 0 Å². The predicted molar refractivity (Wildman–Crippen MR) is 108 cm³/mol. The number of aromatic hydroxyl groups is 2. The maximum absolute atomic E-state index is 9.47. The van der Waals surface area contributed by atoms with E-state index in [1.54, 1.807) is 12.1 Å². The number of benzene rings is 1. The number of phenolic OH excluding ortho intramolecular Hbond substituents is 2. The second-order valence-electron chi connectivity index (χ2n) is 6.78. The molecule has 0 aliphatic heterocycles. The molecular formula is C23H36O2. The van der Waals surface area contributed by atoms with Gasteiger partial charge in [0.25, 0.3) is 0 Å². The minimum Gasteiger partial charge on any atom is -0.504 e. The van der Waals surface area contributed by atoms with Gasteiger partial charge in [0.05, 0.1) is 0 Å². The van der Waals surface area contributed by atoms with Gasteiger partial charge in [0.2, 0.25) is 0 Å². The summed E-state index contributed by atoms with van der Waals surface area (Å²) in [6.07, 6.45) is 23.9. The largest absolute Gasteiger partial charge is 0.504 e. The summed E-state index contributed by atoms with van der Waals surface area (Å²) in [7, 11) is 0. The number of unbranched alkanes of at least 4 members (excludes halogenated alkanes) is 8. The SMILES string of the molecule is CC/C=C/C/C=C/CCCCCCCCCCc1ccc(O)c(O)c1. The van der Waals surface area contributed by atoms with Crippen molar-refractivity contribution in [3.8, 4) is 11.5 Å². The second-order valence-corrected chi connectivity index (χ2v) is 6.78. The van der Waals surface area contributed by atoms with Crippen molar-refractivity contribution in [3.63, 3.8) is 0 Å². The number of hydrogen-bond donors (Lipinski definition) is 2. The van der Waals surface area contributed by atoms with E-state index in [-0.39, 0.29) is 11.5 Å². The van der Waals surface area contributed by atoms with Gasteiger partial charge in [-0.25, -0.2) is 0 Å². The standard InChI is InChI=1S/C23H36O2/c1-2-3-4-5-6-7-8-9-10-11-12-13-14-15-16-17-21-18-19-22(24)23(25)20-21/h3-4,6-7,18-20,24-25H,2,5,8-17H2,1H3/b4-3+,7-6+. The molecule has 25 heavy (non-hydrogen) atoms. The number of rotatable bonds is 14. The molecule has 0 saturated heterocycles. The van der Waals surface area contributed by atoms with Gasteiger partial charge in [-0.1, -0.05) is 75.8 Å². The Morgan fingerprint density at radius 1 is 0.720 bits per heavy atom. The molecule has 2 nitrogen and oxygen atoms in total. The van der Waals surface area contributed by atoms with E-state index in [2.05, 4.69) is 31.2 Å². The number of hydrogen-bond acceptors (Lipinski definition) is 2. The van der Waals surface area contributed by atoms with Gasteiger partial charge >= 0.3 is 0 Å². The van der Waals surface area contributed by atoms with Crippen molar-refractivity contribution in [1.82, 2.24) is 0 Å². The molecule has 0 aliphatic rings. The Morgan fingerprint density at radius 2 is 1.36 bits per heavy atom. The molecule has 0 bridgehead atoms. The van der Waals surface area contributed by atoms with E-state index in [1.807, 2.05) is 6.07 Å². The average Bonchev–Trinajstić information content (AvgIpc) is 2.61. The number of allylic oxidation sites excluding steroid dienone is 4. The highest BCUT2D eigenvalue weighted by atomic mass is 16.3. The maximum atomic E-state index is 9.47. The molecule has 0 aromatic heterocycles. The Morgan fingerprint density at radius 3 is 2.04 bits per heavy atom. The summed E-state index contributed by atoms with van der Waals surface area (Å²) in [5.41, 5.74) is 1.11. The molecule has 0 fully saturated rings. The highest BCUT2D eigenvalue weighted by Crippen LogP contribution is 2.25. The smallest absolute Gasteiger partial charge is 0.157 e. The Kier molecular flexibility index (Phi) is 12.5. The van der Waals surface area contributed by atoms with Crippen molar-refractivity contribution in [2.24, 2.45) is 0 Å². The fourth-order valence-corrected chi connectivity index (χ4v) is 2.93. The molecule has 0 saturated carbocycles. The highest BCUT2D eigenvalue weighted by Gasteiger charge is 2.00. The van der Waals surface area contributed by atoms with Gasteiger partial charge in [-0.3, -0.25) is 0 Å². The topological polar surface area (TPSA) is 40.5 Å². The minimum absolute atomic E-state index is 0.00947. The molecule has 0 unspecified atom stereocenters. The van der Waals surface area contributed by atoms with E-state index in [9.17, 15) is 10.2 Å². The fraction of sp³-hybridized carbons (Fsp3) is 0.565. The van der Waals surface area contributed by atoms with Crippen LogP contribution in [0.1, 0.15) is 83.1 Å². The van der Waals surface area contributed by atoms with Crippen LogP contribution >= 0.6 is 0 Å². The molecule has 0 aliphatic carbocycles. The average molecular weight is 345 g/mol. The number of aryl methyl sites for hydroxylation is 1. The molecule has 0 spiro atoms. The van der Waals surface area contributed by atoms with E-state index < -0.39 is 0 Å². The van der Waals surface area contributed by atoms with Crippen molar-refractivity contribution in [3.05, 3.63) is 48.1 Å². The Balaban J connectivity index is 1.87. The minimum atomic E-state index is -0.0347. The Bertz CT molecular complexity index is 503. The van der Waals surface area contributed by atoms with Crippen LogP contribution in [0.2, 0.25) is 0 Å². The summed E-state index contributed by atoms with van der Waals surface area (Å²) in [4.78, 5) is 0. The second kappa shape index (κ2) is 14.6. The first-order chi connectivity index (χ1) is 12.2. The fourth-order valence-electron chi connectivity index (χ4n) is 2.93. The lowest BCUT2D eigenvalue weighted by Gasteiger charge is -2.04. The van der Waals surface area contributed by atoms with Crippen molar-refractivity contribution in [2.75, 3.05) is 0 Å². The zero-order valence-electron chi connectivity index (χ0n) is 15.9. The van der Waals surface area contributed by atoms with E-state index in [0.717, 1.165) is 31.2 Å². The van der Waals surface area contributed by atoms with Crippen LogP contribution in [0, 0.1) is 0 Å². The zero-order chi connectivity index (χ0) is 18.2. The third kappa shape index (κ3) is 11.5. The maximum Gasteiger partial charge on any atom is 0.157 e. The molecular weight excluding hydrogens is 308 g/mol. The molecule has 0 amide bonds. The lowest BCUT2D eigenvalue weighted by Crippen LogP contribution is -1.86. The molecule has 1 aromatic carbocycles. The van der Waals surface area contributed by atoms with Crippen molar-refractivity contribution >= 4 is 0 Å². The van der Waals surface area contributed by atoms with Crippen LogP contribution in [-0.2, 0) is 6.42 Å². The van der Waals surface area contributed by atoms with Crippen LogP contribution in [0.25, 0.3) is 0 Å². The van der Waals surface area contributed by atoms with Crippen LogP contribution in [-0.4, -0.2) is 10.2 Å². The van der Waals surface area contributed by atoms with Gasteiger partial charge in [0.1, 0.15) is 0 Å². The highest BCUT2D eigenvalue weighted by molar-refractivity contribution is 5.40. The van der Waals surface area contributed by atoms with Crippen molar-refractivity contribution in [2.45, 2.75) is 84.0 Å². The third-order valence-electron chi connectivity index (χ3n) is 4.47. The van der Waals surface area contributed by atoms with Crippen LogP contribution in [0.15, 0.2) is 42.5 Å². The quantitative estimate of drug-likeness (QED) is 0.215. The molecule has 140 valence electrons. The van der Waals surface area contributed by atoms with E-state index in [1.165, 1.54) is 51.4 Å². The van der Waals surface area contributed by atoms with Gasteiger partial charge in [-0.2, -0.15) is 0 Å². The molecule has 0 atom stereocenters. The van der Waals surface area contributed by atoms with Gasteiger partial charge in [0.15, 0.2) is 11.5 Å². The molecule has 2 N–H and O–H groups in total. The van der Waals surface area contributed by atoms with Crippen molar-refractivity contribution < 1.29 is 10.2 Å². The lowest BCUT2D eigenvalue weighted by molar-refractivity contribution is 0.403. The van der Waals surface area contributed by atoms with Crippen LogP contribution in [0.3, 0.4) is 0 Å². The summed E-state index contributed by atoms with van der Waals surface area (Å²) in [6, 6.07) is 5.13. The van der Waals surface area contributed by atoms with Gasteiger partial charge in [-0.15, -0.1) is 0 Å². The first kappa shape index (κ1) is 21.3. The lowest BCUT2D eigenvalue weighted by atomic mass is 10.0. The van der Waals surface area contributed by atoms with Gasteiger partial charge in [0, 0.05) is 0 Å². The monoisotopic (exact) mass is 344 g/mol. The summed E-state index contributed by atoms with van der Waals surface area (Å²) in [6.45, 7) is 2.17. The van der Waals surface area contributed by atoms with Crippen LogP contribution < -0.4 is 0 Å². The zero-order valence-corrected chi connectivity index (χ0v) is 15.9. The molecule has 1 aromatic rings. The molecule has 0 heterocycles.